The Balaban J connectivity index is 1.46. The highest BCUT2D eigenvalue weighted by atomic mass is 16.3. The van der Waals surface area contributed by atoms with Crippen molar-refractivity contribution in [2.75, 3.05) is 37.7 Å². The molecule has 2 aliphatic rings. The smallest absolute Gasteiger partial charge is 0.317 e. The third-order valence-corrected chi connectivity index (χ3v) is 5.14. The zero-order valence-electron chi connectivity index (χ0n) is 13.9. The Hall–Kier alpha value is -1.75. The Morgan fingerprint density at radius 3 is 2.78 bits per heavy atom. The summed E-state index contributed by atoms with van der Waals surface area (Å²) in [5.41, 5.74) is 2.70. The highest BCUT2D eigenvalue weighted by molar-refractivity contribution is 5.74. The molecule has 1 aromatic rings. The number of fused-ring (bicyclic) bond motifs is 1. The molecule has 2 heterocycles. The topological polar surface area (TPSA) is 55.8 Å². The number of likely N-dealkylation sites (tertiary alicyclic amines) is 1. The fraction of sp³-hybridized carbons (Fsp3) is 0.611. The number of carbonyl (C=O) groups is 1. The van der Waals surface area contributed by atoms with Gasteiger partial charge >= 0.3 is 6.03 Å². The molecule has 126 valence electrons. The molecule has 1 atom stereocenters. The highest BCUT2D eigenvalue weighted by Crippen LogP contribution is 2.31. The Bertz CT molecular complexity index is 541. The second-order valence-electron chi connectivity index (χ2n) is 6.72. The van der Waals surface area contributed by atoms with E-state index in [4.69, 9.17) is 5.11 Å². The predicted molar refractivity (Wildman–Crippen MR) is 91.7 cm³/mol. The van der Waals surface area contributed by atoms with Gasteiger partial charge in [0.05, 0.1) is 0 Å². The lowest BCUT2D eigenvalue weighted by Crippen LogP contribution is -2.47. The number of para-hydroxylation sites is 1. The van der Waals surface area contributed by atoms with Crippen LogP contribution < -0.4 is 10.2 Å². The van der Waals surface area contributed by atoms with Crippen LogP contribution in [0.25, 0.3) is 0 Å². The predicted octanol–water partition coefficient (Wildman–Crippen LogP) is 1.85. The van der Waals surface area contributed by atoms with Gasteiger partial charge in [-0.05, 0) is 43.7 Å². The molecule has 0 aromatic heterocycles. The number of benzene rings is 1. The minimum absolute atomic E-state index is 0.0292. The number of amides is 2. The molecule has 5 nitrogen and oxygen atoms in total. The van der Waals surface area contributed by atoms with E-state index in [-0.39, 0.29) is 12.6 Å². The van der Waals surface area contributed by atoms with E-state index in [9.17, 15) is 4.79 Å². The van der Waals surface area contributed by atoms with Gasteiger partial charge in [0.25, 0.3) is 0 Å². The first kappa shape index (κ1) is 16.1. The van der Waals surface area contributed by atoms with Crippen LogP contribution in [0.15, 0.2) is 24.3 Å². The SMILES string of the molecule is CC1Cc2ccccc2N1CCNC(=O)N1CCC(CO)CC1. The quantitative estimate of drug-likeness (QED) is 0.891. The van der Waals surface area contributed by atoms with Crippen LogP contribution in [0.4, 0.5) is 10.5 Å². The third kappa shape index (κ3) is 3.61. The van der Waals surface area contributed by atoms with Gasteiger partial charge in [-0.15, -0.1) is 0 Å². The van der Waals surface area contributed by atoms with Crippen LogP contribution in [0.5, 0.6) is 0 Å². The van der Waals surface area contributed by atoms with Gasteiger partial charge in [0.2, 0.25) is 0 Å². The zero-order valence-corrected chi connectivity index (χ0v) is 13.9. The van der Waals surface area contributed by atoms with Crippen molar-refractivity contribution >= 4 is 11.7 Å². The summed E-state index contributed by atoms with van der Waals surface area (Å²) in [7, 11) is 0. The summed E-state index contributed by atoms with van der Waals surface area (Å²) in [6.45, 7) is 5.48. The van der Waals surface area contributed by atoms with Crippen LogP contribution in [-0.4, -0.2) is 54.9 Å². The van der Waals surface area contributed by atoms with Crippen molar-refractivity contribution in [3.63, 3.8) is 0 Å². The summed E-state index contributed by atoms with van der Waals surface area (Å²) in [4.78, 5) is 16.5. The number of aliphatic hydroxyl groups is 1. The standard InChI is InChI=1S/C18H27N3O2/c1-14-12-16-4-2-3-5-17(16)21(14)11-8-19-18(23)20-9-6-15(13-22)7-10-20/h2-5,14-15,22H,6-13H2,1H3,(H,19,23). The third-order valence-electron chi connectivity index (χ3n) is 5.14. The number of urea groups is 1. The van der Waals surface area contributed by atoms with Gasteiger partial charge in [0.15, 0.2) is 0 Å². The van der Waals surface area contributed by atoms with Crippen LogP contribution in [0.2, 0.25) is 0 Å². The second-order valence-corrected chi connectivity index (χ2v) is 6.72. The Morgan fingerprint density at radius 1 is 1.30 bits per heavy atom. The Kier molecular flexibility index (Phi) is 5.06. The highest BCUT2D eigenvalue weighted by Gasteiger charge is 2.26. The number of anilines is 1. The second kappa shape index (κ2) is 7.21. The van der Waals surface area contributed by atoms with E-state index in [0.29, 0.717) is 18.5 Å². The van der Waals surface area contributed by atoms with E-state index in [1.807, 2.05) is 4.90 Å². The molecule has 0 aliphatic carbocycles. The minimum atomic E-state index is 0.0292. The van der Waals surface area contributed by atoms with Gasteiger partial charge in [0, 0.05) is 44.5 Å². The van der Waals surface area contributed by atoms with Crippen LogP contribution in [-0.2, 0) is 6.42 Å². The number of aliphatic hydroxyl groups excluding tert-OH is 1. The fourth-order valence-corrected chi connectivity index (χ4v) is 3.68. The number of nitrogens with zero attached hydrogens (tertiary/aromatic N) is 2. The summed E-state index contributed by atoms with van der Waals surface area (Å²) in [5, 5.41) is 12.2. The van der Waals surface area contributed by atoms with Crippen LogP contribution in [0.1, 0.15) is 25.3 Å². The van der Waals surface area contributed by atoms with Crippen molar-refractivity contribution in [2.24, 2.45) is 5.92 Å². The summed E-state index contributed by atoms with van der Waals surface area (Å²) in [5.74, 6) is 0.362. The van der Waals surface area contributed by atoms with Crippen molar-refractivity contribution in [1.29, 1.82) is 0 Å². The first-order chi connectivity index (χ1) is 11.2. The monoisotopic (exact) mass is 317 g/mol. The van der Waals surface area contributed by atoms with E-state index >= 15 is 0 Å². The number of rotatable bonds is 4. The summed E-state index contributed by atoms with van der Waals surface area (Å²) < 4.78 is 0. The number of piperidine rings is 1. The van der Waals surface area contributed by atoms with Crippen molar-refractivity contribution in [3.8, 4) is 0 Å². The molecular weight excluding hydrogens is 290 g/mol. The van der Waals surface area contributed by atoms with Gasteiger partial charge in [-0.25, -0.2) is 4.79 Å². The van der Waals surface area contributed by atoms with Crippen LogP contribution >= 0.6 is 0 Å². The molecule has 2 aliphatic heterocycles. The van der Waals surface area contributed by atoms with Crippen molar-refractivity contribution in [1.82, 2.24) is 10.2 Å². The summed E-state index contributed by atoms with van der Waals surface area (Å²) in [6, 6.07) is 9.04. The van der Waals surface area contributed by atoms with Gasteiger partial charge in [-0.3, -0.25) is 0 Å². The molecule has 3 rings (SSSR count). The molecule has 0 spiro atoms. The van der Waals surface area contributed by atoms with Crippen molar-refractivity contribution < 1.29 is 9.90 Å². The minimum Gasteiger partial charge on any atom is -0.396 e. The number of carbonyl (C=O) groups excluding carboxylic acids is 1. The molecule has 0 radical (unpaired) electrons. The van der Waals surface area contributed by atoms with Crippen LogP contribution in [0.3, 0.4) is 0 Å². The molecule has 1 unspecified atom stereocenters. The maximum atomic E-state index is 12.2. The Morgan fingerprint density at radius 2 is 2.04 bits per heavy atom. The molecule has 0 saturated carbocycles. The lowest BCUT2D eigenvalue weighted by Gasteiger charge is -2.31. The zero-order chi connectivity index (χ0) is 16.2. The lowest BCUT2D eigenvalue weighted by molar-refractivity contribution is 0.137. The maximum Gasteiger partial charge on any atom is 0.317 e. The molecule has 1 saturated heterocycles. The van der Waals surface area contributed by atoms with E-state index in [1.54, 1.807) is 0 Å². The number of hydrogen-bond donors (Lipinski definition) is 2. The maximum absolute atomic E-state index is 12.2. The van der Waals surface area contributed by atoms with E-state index in [0.717, 1.165) is 38.9 Å². The molecule has 5 heteroatoms. The van der Waals surface area contributed by atoms with Crippen molar-refractivity contribution in [3.05, 3.63) is 29.8 Å². The average molecular weight is 317 g/mol. The summed E-state index contributed by atoms with van der Waals surface area (Å²) >= 11 is 0. The lowest BCUT2D eigenvalue weighted by atomic mass is 9.98. The van der Waals surface area contributed by atoms with Gasteiger partial charge in [0.1, 0.15) is 0 Å². The first-order valence-electron chi connectivity index (χ1n) is 8.67. The number of hydrogen-bond acceptors (Lipinski definition) is 3. The molecule has 1 fully saturated rings. The molecule has 0 bridgehead atoms. The molecule has 2 N–H and O–H groups in total. The molecular formula is C18H27N3O2. The van der Waals surface area contributed by atoms with Crippen LogP contribution in [0, 0.1) is 5.92 Å². The van der Waals surface area contributed by atoms with E-state index in [1.165, 1.54) is 11.3 Å². The van der Waals surface area contributed by atoms with Gasteiger partial charge in [-0.2, -0.15) is 0 Å². The van der Waals surface area contributed by atoms with Gasteiger partial charge in [-0.1, -0.05) is 18.2 Å². The molecule has 2 amide bonds. The van der Waals surface area contributed by atoms with Gasteiger partial charge < -0.3 is 20.2 Å². The number of nitrogens with one attached hydrogen (secondary N) is 1. The normalized spacial score (nSPS) is 21.4. The fourth-order valence-electron chi connectivity index (χ4n) is 3.68. The van der Waals surface area contributed by atoms with Crippen molar-refractivity contribution in [2.45, 2.75) is 32.2 Å². The summed E-state index contributed by atoms with van der Waals surface area (Å²) in [6.07, 6.45) is 2.89. The Labute approximate surface area is 138 Å². The molecule has 1 aromatic carbocycles. The van der Waals surface area contributed by atoms with E-state index < -0.39 is 0 Å². The average Bonchev–Trinajstić information content (AvgIpc) is 2.90. The van der Waals surface area contributed by atoms with E-state index in [2.05, 4.69) is 41.4 Å². The first-order valence-corrected chi connectivity index (χ1v) is 8.67. The largest absolute Gasteiger partial charge is 0.396 e. The molecule has 23 heavy (non-hydrogen) atoms.